The molecule has 0 spiro atoms. The first-order valence-corrected chi connectivity index (χ1v) is 6.98. The Balaban J connectivity index is 1.96. The van der Waals surface area contributed by atoms with Gasteiger partial charge in [0, 0.05) is 12.1 Å². The Morgan fingerprint density at radius 3 is 2.33 bits per heavy atom. The number of ether oxygens (including phenoxy) is 1. The van der Waals surface area contributed by atoms with Crippen LogP contribution in [-0.4, -0.2) is 0 Å². The fraction of sp³-hybridized carbons (Fsp3) is 0.0526. The van der Waals surface area contributed by atoms with Crippen LogP contribution in [0, 0.1) is 0 Å². The molecule has 2 heteroatoms. The second-order valence-corrected chi connectivity index (χ2v) is 4.82. The van der Waals surface area contributed by atoms with Crippen LogP contribution < -0.4 is 10.5 Å². The first kappa shape index (κ1) is 13.4. The van der Waals surface area contributed by atoms with E-state index in [1.807, 2.05) is 60.7 Å². The van der Waals surface area contributed by atoms with E-state index in [0.717, 1.165) is 28.2 Å². The van der Waals surface area contributed by atoms with Crippen LogP contribution in [0.2, 0.25) is 0 Å². The van der Waals surface area contributed by atoms with Gasteiger partial charge in [-0.25, -0.2) is 0 Å². The summed E-state index contributed by atoms with van der Waals surface area (Å²) >= 11 is 0. The summed E-state index contributed by atoms with van der Waals surface area (Å²) in [6.45, 7) is 0.511. The molecule has 2 nitrogen and oxygen atoms in total. The van der Waals surface area contributed by atoms with Gasteiger partial charge in [0.15, 0.2) is 0 Å². The van der Waals surface area contributed by atoms with Crippen LogP contribution >= 0.6 is 0 Å². The third-order valence-electron chi connectivity index (χ3n) is 3.33. The number of nitrogens with two attached hydrogens (primary N) is 1. The van der Waals surface area contributed by atoms with Gasteiger partial charge in [-0.2, -0.15) is 0 Å². The van der Waals surface area contributed by atoms with Gasteiger partial charge in [0.25, 0.3) is 0 Å². The van der Waals surface area contributed by atoms with Gasteiger partial charge < -0.3 is 10.5 Å². The van der Waals surface area contributed by atoms with E-state index in [0.29, 0.717) is 6.54 Å². The highest BCUT2D eigenvalue weighted by Crippen LogP contribution is 2.33. The van der Waals surface area contributed by atoms with Crippen molar-refractivity contribution in [2.24, 2.45) is 5.73 Å². The highest BCUT2D eigenvalue weighted by Gasteiger charge is 2.06. The molecular formula is C19H17NO. The molecule has 104 valence electrons. The summed E-state index contributed by atoms with van der Waals surface area (Å²) in [6.07, 6.45) is 0. The van der Waals surface area contributed by atoms with Gasteiger partial charge in [-0.3, -0.25) is 0 Å². The van der Waals surface area contributed by atoms with E-state index in [1.54, 1.807) is 0 Å². The van der Waals surface area contributed by atoms with Crippen LogP contribution in [0.5, 0.6) is 11.5 Å². The zero-order valence-corrected chi connectivity index (χ0v) is 11.7. The molecule has 0 atom stereocenters. The average molecular weight is 275 g/mol. The lowest BCUT2D eigenvalue weighted by Gasteiger charge is -2.12. The van der Waals surface area contributed by atoms with E-state index in [-0.39, 0.29) is 0 Å². The Morgan fingerprint density at radius 2 is 1.52 bits per heavy atom. The molecule has 2 N–H and O–H groups in total. The van der Waals surface area contributed by atoms with Gasteiger partial charge in [-0.15, -0.1) is 0 Å². The smallest absolute Gasteiger partial charge is 0.135 e. The molecule has 0 aliphatic rings. The van der Waals surface area contributed by atoms with Gasteiger partial charge in [-0.05, 0) is 29.3 Å². The van der Waals surface area contributed by atoms with Crippen LogP contribution in [0.1, 0.15) is 5.56 Å². The minimum absolute atomic E-state index is 0.511. The molecule has 0 saturated heterocycles. The van der Waals surface area contributed by atoms with Gasteiger partial charge in [-0.1, -0.05) is 60.7 Å². The Kier molecular flexibility index (Phi) is 3.99. The first-order chi connectivity index (χ1) is 10.4. The highest BCUT2D eigenvalue weighted by molar-refractivity contribution is 5.70. The molecule has 0 radical (unpaired) electrons. The molecule has 3 aromatic carbocycles. The van der Waals surface area contributed by atoms with E-state index < -0.39 is 0 Å². The van der Waals surface area contributed by atoms with Crippen LogP contribution in [0.3, 0.4) is 0 Å². The molecule has 3 aromatic rings. The first-order valence-electron chi connectivity index (χ1n) is 6.98. The van der Waals surface area contributed by atoms with Crippen molar-refractivity contribution in [1.82, 2.24) is 0 Å². The van der Waals surface area contributed by atoms with Crippen LogP contribution in [0.25, 0.3) is 11.1 Å². The number of para-hydroxylation sites is 1. The van der Waals surface area contributed by atoms with Gasteiger partial charge >= 0.3 is 0 Å². The van der Waals surface area contributed by atoms with Crippen molar-refractivity contribution in [2.75, 3.05) is 0 Å². The van der Waals surface area contributed by atoms with E-state index in [2.05, 4.69) is 18.2 Å². The summed E-state index contributed by atoms with van der Waals surface area (Å²) in [6, 6.07) is 26.2. The van der Waals surface area contributed by atoms with Gasteiger partial charge in [0.2, 0.25) is 0 Å². The lowest BCUT2D eigenvalue weighted by molar-refractivity contribution is 0.484. The average Bonchev–Trinajstić information content (AvgIpc) is 2.56. The van der Waals surface area contributed by atoms with Crippen LogP contribution in [0.4, 0.5) is 0 Å². The Labute approximate surface area is 124 Å². The molecule has 0 aliphatic heterocycles. The number of rotatable bonds is 4. The summed E-state index contributed by atoms with van der Waals surface area (Å²) in [5.41, 5.74) is 8.96. The number of hydrogen-bond donors (Lipinski definition) is 1. The van der Waals surface area contributed by atoms with Crippen LogP contribution in [-0.2, 0) is 6.54 Å². The molecule has 21 heavy (non-hydrogen) atoms. The predicted octanol–water partition coefficient (Wildman–Crippen LogP) is 4.60. The third kappa shape index (κ3) is 3.12. The number of hydrogen-bond acceptors (Lipinski definition) is 2. The quantitative estimate of drug-likeness (QED) is 0.755. The summed E-state index contributed by atoms with van der Waals surface area (Å²) in [5, 5.41) is 0. The molecule has 0 amide bonds. The van der Waals surface area contributed by atoms with Crippen molar-refractivity contribution in [3.05, 3.63) is 84.4 Å². The Bertz CT molecular complexity index is 722. The molecule has 0 unspecified atom stereocenters. The number of benzene rings is 3. The fourth-order valence-electron chi connectivity index (χ4n) is 2.27. The maximum atomic E-state index is 6.05. The highest BCUT2D eigenvalue weighted by atomic mass is 16.5. The minimum Gasteiger partial charge on any atom is -0.457 e. The zero-order chi connectivity index (χ0) is 14.5. The maximum Gasteiger partial charge on any atom is 0.135 e. The lowest BCUT2D eigenvalue weighted by atomic mass is 10.0. The van der Waals surface area contributed by atoms with Crippen molar-refractivity contribution in [3.8, 4) is 22.6 Å². The molecule has 0 fully saturated rings. The van der Waals surface area contributed by atoms with E-state index in [4.69, 9.17) is 10.5 Å². The largest absolute Gasteiger partial charge is 0.457 e. The third-order valence-corrected chi connectivity index (χ3v) is 3.33. The van der Waals surface area contributed by atoms with Gasteiger partial charge in [0.1, 0.15) is 11.5 Å². The summed E-state index contributed by atoms with van der Waals surface area (Å²) < 4.78 is 6.05. The summed E-state index contributed by atoms with van der Waals surface area (Å²) in [7, 11) is 0. The SMILES string of the molecule is NCc1cccc(Oc2ccccc2-c2ccccc2)c1. The standard InChI is InChI=1S/C19H17NO/c20-14-15-7-6-10-17(13-15)21-19-12-5-4-11-18(19)16-8-2-1-3-9-16/h1-13H,14,20H2. The van der Waals surface area contributed by atoms with E-state index >= 15 is 0 Å². The van der Waals surface area contributed by atoms with Crippen molar-refractivity contribution in [3.63, 3.8) is 0 Å². The second kappa shape index (κ2) is 6.25. The van der Waals surface area contributed by atoms with E-state index in [9.17, 15) is 0 Å². The monoisotopic (exact) mass is 275 g/mol. The van der Waals surface area contributed by atoms with Crippen molar-refractivity contribution in [2.45, 2.75) is 6.54 Å². The Morgan fingerprint density at radius 1 is 0.762 bits per heavy atom. The zero-order valence-electron chi connectivity index (χ0n) is 11.7. The molecule has 3 rings (SSSR count). The predicted molar refractivity (Wildman–Crippen MR) is 86.3 cm³/mol. The summed E-state index contributed by atoms with van der Waals surface area (Å²) in [5.74, 6) is 1.65. The van der Waals surface area contributed by atoms with Gasteiger partial charge in [0.05, 0.1) is 0 Å². The molecule has 0 aromatic heterocycles. The minimum atomic E-state index is 0.511. The maximum absolute atomic E-state index is 6.05. The molecule has 0 aliphatic carbocycles. The topological polar surface area (TPSA) is 35.2 Å². The van der Waals surface area contributed by atoms with Crippen LogP contribution in [0.15, 0.2) is 78.9 Å². The lowest BCUT2D eigenvalue weighted by Crippen LogP contribution is -1.96. The van der Waals surface area contributed by atoms with Crippen molar-refractivity contribution >= 4 is 0 Å². The molecular weight excluding hydrogens is 258 g/mol. The van der Waals surface area contributed by atoms with E-state index in [1.165, 1.54) is 0 Å². The second-order valence-electron chi connectivity index (χ2n) is 4.82. The van der Waals surface area contributed by atoms with Crippen molar-refractivity contribution in [1.29, 1.82) is 0 Å². The summed E-state index contributed by atoms with van der Waals surface area (Å²) in [4.78, 5) is 0. The molecule has 0 saturated carbocycles. The fourth-order valence-corrected chi connectivity index (χ4v) is 2.27. The molecule has 0 heterocycles. The Hall–Kier alpha value is -2.58. The van der Waals surface area contributed by atoms with Crippen molar-refractivity contribution < 1.29 is 4.74 Å². The molecule has 0 bridgehead atoms. The normalized spacial score (nSPS) is 10.3.